The van der Waals surface area contributed by atoms with Gasteiger partial charge in [-0.25, -0.2) is 0 Å². The maximum absolute atomic E-state index is 4.64. The Hall–Kier alpha value is -1.48. The van der Waals surface area contributed by atoms with Crippen molar-refractivity contribution in [3.8, 4) is 0 Å². The van der Waals surface area contributed by atoms with Gasteiger partial charge < -0.3 is 5.32 Å². The van der Waals surface area contributed by atoms with Gasteiger partial charge in [0, 0.05) is 43.0 Å². The van der Waals surface area contributed by atoms with Gasteiger partial charge in [-0.05, 0) is 17.7 Å². The molecule has 3 nitrogen and oxygen atoms in total. The summed E-state index contributed by atoms with van der Waals surface area (Å²) in [5.41, 5.74) is 3.61. The fourth-order valence-corrected chi connectivity index (χ4v) is 1.90. The molecule has 0 fully saturated rings. The van der Waals surface area contributed by atoms with Crippen LogP contribution >= 0.6 is 0 Å². The van der Waals surface area contributed by atoms with Crippen molar-refractivity contribution in [1.29, 1.82) is 0 Å². The molecule has 70 valence electrons. The van der Waals surface area contributed by atoms with Crippen molar-refractivity contribution in [3.05, 3.63) is 35.8 Å². The Kier molecular flexibility index (Phi) is 1.70. The van der Waals surface area contributed by atoms with Gasteiger partial charge in [0.2, 0.25) is 0 Å². The molecule has 0 saturated carbocycles. The summed E-state index contributed by atoms with van der Waals surface area (Å²) in [7, 11) is 0. The number of hydrogen-bond acceptors (Lipinski definition) is 3. The summed E-state index contributed by atoms with van der Waals surface area (Å²) in [5, 5.41) is 4.48. The number of hydrogen-bond donors (Lipinski definition) is 1. The molecule has 2 aromatic heterocycles. The SMILES string of the molecule is c1cc2nc3c(cc2cn1)CNCC3. The van der Waals surface area contributed by atoms with Crippen LogP contribution in [0.5, 0.6) is 0 Å². The lowest BCUT2D eigenvalue weighted by molar-refractivity contribution is 0.633. The number of nitrogens with one attached hydrogen (secondary N) is 1. The molecule has 3 heterocycles. The van der Waals surface area contributed by atoms with E-state index in [1.807, 2.05) is 12.3 Å². The van der Waals surface area contributed by atoms with Crippen molar-refractivity contribution < 1.29 is 0 Å². The van der Waals surface area contributed by atoms with Gasteiger partial charge in [-0.3, -0.25) is 9.97 Å². The van der Waals surface area contributed by atoms with E-state index in [0.29, 0.717) is 0 Å². The maximum Gasteiger partial charge on any atom is 0.0736 e. The standard InChI is InChI=1S/C11H11N3/c1-3-12-6-8-5-9-7-13-4-2-11(9)14-10(1)8/h1,3,5-6,13H,2,4,7H2. The number of fused-ring (bicyclic) bond motifs is 2. The van der Waals surface area contributed by atoms with E-state index in [1.165, 1.54) is 11.3 Å². The highest BCUT2D eigenvalue weighted by atomic mass is 14.9. The minimum absolute atomic E-state index is 0.938. The molecule has 3 heteroatoms. The lowest BCUT2D eigenvalue weighted by Crippen LogP contribution is -2.24. The highest BCUT2D eigenvalue weighted by molar-refractivity contribution is 5.78. The van der Waals surface area contributed by atoms with Crippen molar-refractivity contribution >= 4 is 10.9 Å². The Balaban J connectivity index is 2.27. The van der Waals surface area contributed by atoms with Crippen LogP contribution in [0.15, 0.2) is 24.5 Å². The molecule has 1 aliphatic heterocycles. The molecule has 0 spiro atoms. The summed E-state index contributed by atoms with van der Waals surface area (Å²) in [6.07, 6.45) is 4.70. The fourth-order valence-electron chi connectivity index (χ4n) is 1.90. The highest BCUT2D eigenvalue weighted by Gasteiger charge is 2.10. The van der Waals surface area contributed by atoms with Crippen LogP contribution in [0.3, 0.4) is 0 Å². The fraction of sp³-hybridized carbons (Fsp3) is 0.273. The predicted molar refractivity (Wildman–Crippen MR) is 54.9 cm³/mol. The van der Waals surface area contributed by atoms with E-state index in [-0.39, 0.29) is 0 Å². The molecule has 0 amide bonds. The first kappa shape index (κ1) is 7.88. The topological polar surface area (TPSA) is 37.8 Å². The predicted octanol–water partition coefficient (Wildman–Crippen LogP) is 1.28. The summed E-state index contributed by atoms with van der Waals surface area (Å²) in [4.78, 5) is 8.74. The van der Waals surface area contributed by atoms with E-state index in [4.69, 9.17) is 0 Å². The molecule has 0 radical (unpaired) electrons. The third-order valence-electron chi connectivity index (χ3n) is 2.64. The van der Waals surface area contributed by atoms with Crippen LogP contribution in [0, 0.1) is 0 Å². The number of aromatic nitrogens is 2. The quantitative estimate of drug-likeness (QED) is 0.671. The average Bonchev–Trinajstić information content (AvgIpc) is 2.26. The zero-order chi connectivity index (χ0) is 9.38. The number of nitrogens with zero attached hydrogens (tertiary/aromatic N) is 2. The summed E-state index contributed by atoms with van der Waals surface area (Å²) in [6, 6.07) is 4.16. The van der Waals surface area contributed by atoms with Gasteiger partial charge in [-0.1, -0.05) is 0 Å². The second-order valence-corrected chi connectivity index (χ2v) is 3.59. The Morgan fingerprint density at radius 1 is 1.36 bits per heavy atom. The molecule has 0 unspecified atom stereocenters. The van der Waals surface area contributed by atoms with Gasteiger partial charge in [-0.15, -0.1) is 0 Å². The van der Waals surface area contributed by atoms with Crippen molar-refractivity contribution in [1.82, 2.24) is 15.3 Å². The van der Waals surface area contributed by atoms with Crippen molar-refractivity contribution in [3.63, 3.8) is 0 Å². The first-order chi connectivity index (χ1) is 6.93. The van der Waals surface area contributed by atoms with Crippen LogP contribution in [0.1, 0.15) is 11.3 Å². The van der Waals surface area contributed by atoms with E-state index in [1.54, 1.807) is 6.20 Å². The van der Waals surface area contributed by atoms with Crippen LogP contribution < -0.4 is 5.32 Å². The summed E-state index contributed by atoms with van der Waals surface area (Å²) in [5.74, 6) is 0. The first-order valence-electron chi connectivity index (χ1n) is 4.87. The molecule has 0 saturated heterocycles. The molecule has 0 aliphatic carbocycles. The molecule has 2 aromatic rings. The Morgan fingerprint density at radius 2 is 2.36 bits per heavy atom. The molecule has 0 bridgehead atoms. The summed E-state index contributed by atoms with van der Waals surface area (Å²) >= 11 is 0. The smallest absolute Gasteiger partial charge is 0.0736 e. The number of rotatable bonds is 0. The third kappa shape index (κ3) is 1.17. The van der Waals surface area contributed by atoms with Gasteiger partial charge >= 0.3 is 0 Å². The zero-order valence-electron chi connectivity index (χ0n) is 7.83. The number of pyridine rings is 2. The van der Waals surface area contributed by atoms with Crippen molar-refractivity contribution in [2.45, 2.75) is 13.0 Å². The highest BCUT2D eigenvalue weighted by Crippen LogP contribution is 2.17. The van der Waals surface area contributed by atoms with Gasteiger partial charge in [0.25, 0.3) is 0 Å². The second-order valence-electron chi connectivity index (χ2n) is 3.59. The Labute approximate surface area is 82.2 Å². The summed E-state index contributed by atoms with van der Waals surface area (Å²) in [6.45, 7) is 1.98. The van der Waals surface area contributed by atoms with E-state index in [9.17, 15) is 0 Å². The summed E-state index contributed by atoms with van der Waals surface area (Å²) < 4.78 is 0. The van der Waals surface area contributed by atoms with Crippen LogP contribution in [0.4, 0.5) is 0 Å². The lowest BCUT2D eigenvalue weighted by atomic mass is 10.1. The second kappa shape index (κ2) is 3.03. The van der Waals surface area contributed by atoms with Crippen molar-refractivity contribution in [2.75, 3.05) is 6.54 Å². The van der Waals surface area contributed by atoms with Gasteiger partial charge in [0.15, 0.2) is 0 Å². The minimum Gasteiger partial charge on any atom is -0.312 e. The van der Waals surface area contributed by atoms with Crippen LogP contribution in [-0.4, -0.2) is 16.5 Å². The Morgan fingerprint density at radius 3 is 3.36 bits per heavy atom. The molecule has 0 aromatic carbocycles. The molecule has 1 N–H and O–H groups in total. The molecule has 14 heavy (non-hydrogen) atoms. The molecular formula is C11H11N3. The van der Waals surface area contributed by atoms with E-state index < -0.39 is 0 Å². The molecule has 1 aliphatic rings. The van der Waals surface area contributed by atoms with E-state index in [2.05, 4.69) is 21.4 Å². The average molecular weight is 185 g/mol. The van der Waals surface area contributed by atoms with Crippen molar-refractivity contribution in [2.24, 2.45) is 0 Å². The van der Waals surface area contributed by atoms with Crippen LogP contribution in [0.2, 0.25) is 0 Å². The minimum atomic E-state index is 0.938. The first-order valence-corrected chi connectivity index (χ1v) is 4.87. The molecule has 3 rings (SSSR count). The lowest BCUT2D eigenvalue weighted by Gasteiger charge is -2.16. The van der Waals surface area contributed by atoms with E-state index >= 15 is 0 Å². The van der Waals surface area contributed by atoms with Crippen LogP contribution in [-0.2, 0) is 13.0 Å². The normalized spacial score (nSPS) is 15.4. The third-order valence-corrected chi connectivity index (χ3v) is 2.64. The maximum atomic E-state index is 4.64. The van der Waals surface area contributed by atoms with Gasteiger partial charge in [0.1, 0.15) is 0 Å². The van der Waals surface area contributed by atoms with E-state index in [0.717, 1.165) is 30.4 Å². The molecular weight excluding hydrogens is 174 g/mol. The zero-order valence-corrected chi connectivity index (χ0v) is 7.83. The monoisotopic (exact) mass is 185 g/mol. The Bertz CT molecular complexity index is 434. The largest absolute Gasteiger partial charge is 0.312 e. The molecule has 0 atom stereocenters. The van der Waals surface area contributed by atoms with Gasteiger partial charge in [-0.2, -0.15) is 0 Å². The van der Waals surface area contributed by atoms with Crippen LogP contribution in [0.25, 0.3) is 10.9 Å². The van der Waals surface area contributed by atoms with Gasteiger partial charge in [0.05, 0.1) is 5.52 Å².